The molecule has 30 heteroatoms. The minimum Gasteiger partial charge on any atom is -0.394 e. The summed E-state index contributed by atoms with van der Waals surface area (Å²) in [5, 5.41) is 139. The summed E-state index contributed by atoms with van der Waals surface area (Å²) in [5.74, 6) is -1.98. The van der Waals surface area contributed by atoms with Gasteiger partial charge >= 0.3 is 0 Å². The van der Waals surface area contributed by atoms with E-state index >= 15 is 0 Å². The number of unbranched alkanes of at least 4 members (excludes halogenated alkanes) is 3. The summed E-state index contributed by atoms with van der Waals surface area (Å²) in [7, 11) is 0. The monoisotopic (exact) mass is 1090 g/mol. The van der Waals surface area contributed by atoms with Crippen molar-refractivity contribution in [3.8, 4) is 0 Å². The minimum absolute atomic E-state index is 0.0181. The molecule has 25 atom stereocenters. The molecular formula is C45H78N4O26. The molecule has 75 heavy (non-hydrogen) atoms. The van der Waals surface area contributed by atoms with Crippen molar-refractivity contribution in [1.29, 1.82) is 0 Å². The van der Waals surface area contributed by atoms with Crippen LogP contribution in [0.5, 0.6) is 0 Å². The van der Waals surface area contributed by atoms with Gasteiger partial charge in [0.25, 0.3) is 0 Å². The first kappa shape index (κ1) is 62.8. The molecule has 0 aromatic carbocycles. The first-order chi connectivity index (χ1) is 35.5. The van der Waals surface area contributed by atoms with Gasteiger partial charge in [0.05, 0.1) is 32.0 Å². The molecule has 0 saturated carbocycles. The van der Waals surface area contributed by atoms with Gasteiger partial charge in [0.15, 0.2) is 31.5 Å². The Balaban J connectivity index is 1.32. The molecule has 5 rings (SSSR count). The zero-order valence-electron chi connectivity index (χ0n) is 42.1. The van der Waals surface area contributed by atoms with Gasteiger partial charge in [-0.3, -0.25) is 19.2 Å². The average Bonchev–Trinajstić information content (AvgIpc) is 3.36. The average molecular weight is 1090 g/mol. The number of carbonyl (C=O) groups is 4. The Hall–Kier alpha value is -3.00. The quantitative estimate of drug-likeness (QED) is 0.0378. The predicted molar refractivity (Wildman–Crippen MR) is 245 cm³/mol. The van der Waals surface area contributed by atoms with E-state index < -0.39 is 191 Å². The zero-order valence-corrected chi connectivity index (χ0v) is 42.1. The molecule has 0 aromatic rings. The Bertz CT molecular complexity index is 1800. The maximum Gasteiger partial charge on any atom is 0.219 e. The van der Waals surface area contributed by atoms with Crippen molar-refractivity contribution in [2.45, 2.75) is 226 Å². The highest BCUT2D eigenvalue weighted by atomic mass is 16.8. The Kier molecular flexibility index (Phi) is 24.5. The number of primary amides is 1. The van der Waals surface area contributed by atoms with E-state index in [4.69, 9.17) is 53.1 Å². The normalized spacial score (nSPS) is 42.4. The number of aliphatic hydroxyl groups excluding tert-OH is 12. The molecule has 434 valence electrons. The van der Waals surface area contributed by atoms with Gasteiger partial charge in [0.1, 0.15) is 110 Å². The van der Waals surface area contributed by atoms with Gasteiger partial charge < -0.3 is 130 Å². The van der Waals surface area contributed by atoms with Crippen molar-refractivity contribution in [1.82, 2.24) is 16.0 Å². The van der Waals surface area contributed by atoms with Gasteiger partial charge in [-0.05, 0) is 46.0 Å². The van der Waals surface area contributed by atoms with E-state index in [1.807, 2.05) is 0 Å². The molecule has 0 unspecified atom stereocenters. The molecule has 5 aliphatic rings. The number of aliphatic hydroxyl groups is 12. The minimum atomic E-state index is -2.10. The maximum atomic E-state index is 12.6. The molecule has 0 aromatic heterocycles. The number of nitrogens with two attached hydrogens (primary N) is 1. The second-order valence-corrected chi connectivity index (χ2v) is 19.3. The third-order valence-electron chi connectivity index (χ3n) is 13.5. The fourth-order valence-electron chi connectivity index (χ4n) is 9.31. The highest BCUT2D eigenvalue weighted by molar-refractivity contribution is 5.76. The number of hydrogen-bond acceptors (Lipinski definition) is 26. The predicted octanol–water partition coefficient (Wildman–Crippen LogP) is -8.23. The number of hydrogen-bond donors (Lipinski definition) is 16. The molecule has 5 fully saturated rings. The van der Waals surface area contributed by atoms with E-state index in [-0.39, 0.29) is 25.4 Å². The summed E-state index contributed by atoms with van der Waals surface area (Å²) < 4.78 is 59.4. The summed E-state index contributed by atoms with van der Waals surface area (Å²) in [6, 6.07) is -2.91. The van der Waals surface area contributed by atoms with Crippen molar-refractivity contribution >= 4 is 23.6 Å². The molecule has 30 nitrogen and oxygen atoms in total. The van der Waals surface area contributed by atoms with Gasteiger partial charge in [0, 0.05) is 39.8 Å². The van der Waals surface area contributed by atoms with Gasteiger partial charge in [-0.2, -0.15) is 0 Å². The third-order valence-corrected chi connectivity index (χ3v) is 13.5. The molecule has 5 saturated heterocycles. The fourth-order valence-corrected chi connectivity index (χ4v) is 9.31. The first-order valence-electron chi connectivity index (χ1n) is 25.1. The highest BCUT2D eigenvalue weighted by Gasteiger charge is 2.57. The van der Waals surface area contributed by atoms with Crippen molar-refractivity contribution in [3.05, 3.63) is 0 Å². The molecule has 0 bridgehead atoms. The lowest BCUT2D eigenvalue weighted by atomic mass is 9.94. The smallest absolute Gasteiger partial charge is 0.219 e. The summed E-state index contributed by atoms with van der Waals surface area (Å²) in [6.07, 6.45) is -36.9. The van der Waals surface area contributed by atoms with Crippen LogP contribution >= 0.6 is 0 Å². The molecule has 0 aliphatic carbocycles. The number of amides is 4. The topological polar surface area (TPSA) is 465 Å². The van der Waals surface area contributed by atoms with Crippen LogP contribution in [0.3, 0.4) is 0 Å². The van der Waals surface area contributed by atoms with Crippen LogP contribution in [0.1, 0.15) is 72.6 Å². The van der Waals surface area contributed by atoms with Crippen LogP contribution in [-0.2, 0) is 66.5 Å². The van der Waals surface area contributed by atoms with Crippen molar-refractivity contribution in [3.63, 3.8) is 0 Å². The Morgan fingerprint density at radius 2 is 0.933 bits per heavy atom. The van der Waals surface area contributed by atoms with E-state index in [1.54, 1.807) is 0 Å². The standard InChI is InChI=1S/C45H78N4O26/c1-17-29(58)35(64)40(75-45-39(34(63)28(57)18(2)68-45)74-42-26(48-19(3)53)33(62)30(59)21(14-50)70-42)44(67-17)73-38-32(61)23(16-52)71-43(36(38)65)72-37-27(49-20(4)54)41(69-22(15-51)31(37)60)66-13-9-5-8-12-47-25(56)11-7-6-10-24(46)55/h17-18,21-23,26-45,50-52,57-65H,5-16H2,1-4H3,(H2,46,55)(H,47,56)(H,48,53)(H,49,54)/t17-,18+,21+,22+,23+,26-,27+,28-,29-,30+,31+,32-,33+,34+,35+,36+,37+,38-,39+,40+,41+,42-,43+,44+,45+/m0/s1. The summed E-state index contributed by atoms with van der Waals surface area (Å²) in [4.78, 5) is 47.8. The van der Waals surface area contributed by atoms with E-state index in [0.717, 1.165) is 13.8 Å². The first-order valence-corrected chi connectivity index (χ1v) is 25.1. The zero-order chi connectivity index (χ0) is 55.4. The molecule has 17 N–H and O–H groups in total. The van der Waals surface area contributed by atoms with Gasteiger partial charge in [-0.25, -0.2) is 0 Å². The van der Waals surface area contributed by atoms with E-state index in [2.05, 4.69) is 16.0 Å². The summed E-state index contributed by atoms with van der Waals surface area (Å²) in [5.41, 5.74) is 5.13. The Morgan fingerprint density at radius 1 is 0.467 bits per heavy atom. The van der Waals surface area contributed by atoms with E-state index in [0.29, 0.717) is 38.6 Å². The van der Waals surface area contributed by atoms with Crippen LogP contribution in [-0.4, -0.2) is 271 Å². The van der Waals surface area contributed by atoms with Crippen molar-refractivity contribution in [2.24, 2.45) is 5.73 Å². The molecule has 0 radical (unpaired) electrons. The Labute approximate surface area is 431 Å². The van der Waals surface area contributed by atoms with Gasteiger partial charge in [-0.15, -0.1) is 0 Å². The lowest BCUT2D eigenvalue weighted by Gasteiger charge is -2.50. The second kappa shape index (κ2) is 29.3. The number of ether oxygens (including phenoxy) is 10. The van der Waals surface area contributed by atoms with Gasteiger partial charge in [0.2, 0.25) is 23.6 Å². The third kappa shape index (κ3) is 16.3. The van der Waals surface area contributed by atoms with Crippen LogP contribution in [0.25, 0.3) is 0 Å². The lowest BCUT2D eigenvalue weighted by molar-refractivity contribution is -0.400. The van der Waals surface area contributed by atoms with Crippen LogP contribution in [0.2, 0.25) is 0 Å². The largest absolute Gasteiger partial charge is 0.394 e. The summed E-state index contributed by atoms with van der Waals surface area (Å²) in [6.45, 7) is 2.70. The maximum absolute atomic E-state index is 12.6. The Morgan fingerprint density at radius 3 is 1.48 bits per heavy atom. The molecule has 4 amide bonds. The van der Waals surface area contributed by atoms with Crippen LogP contribution in [0.15, 0.2) is 0 Å². The van der Waals surface area contributed by atoms with Gasteiger partial charge in [-0.1, -0.05) is 0 Å². The number of carbonyl (C=O) groups excluding carboxylic acids is 4. The fraction of sp³-hybridized carbons (Fsp3) is 0.911. The molecule has 0 spiro atoms. The van der Waals surface area contributed by atoms with Crippen molar-refractivity contribution < 1.29 is 128 Å². The summed E-state index contributed by atoms with van der Waals surface area (Å²) >= 11 is 0. The molecule has 5 heterocycles. The van der Waals surface area contributed by atoms with E-state index in [9.17, 15) is 80.5 Å². The highest BCUT2D eigenvalue weighted by Crippen LogP contribution is 2.36. The second-order valence-electron chi connectivity index (χ2n) is 19.3. The number of nitrogens with one attached hydrogen (secondary N) is 3. The van der Waals surface area contributed by atoms with Crippen molar-refractivity contribution in [2.75, 3.05) is 33.0 Å². The van der Waals surface area contributed by atoms with Crippen LogP contribution < -0.4 is 21.7 Å². The van der Waals surface area contributed by atoms with E-state index in [1.165, 1.54) is 13.8 Å². The molecule has 5 aliphatic heterocycles. The van der Waals surface area contributed by atoms with Crippen LogP contribution in [0.4, 0.5) is 0 Å². The SMILES string of the molecule is CC(=O)N[C@@H]1[C@H](O[C@H]2[C@@H](O[C@H]3[C@@H](O[C@H]4[C@@H](O)[C@@H](CO)O[C@H](O[C@H]5[C@H](O)[C@@H](CO)O[C@@H](OCCCCCNC(=O)CCCCC(N)=O)[C@@H]5NC(C)=O)[C@@H]4O)O[C@@H](C)[C@H](O)[C@H]3O)O[C@H](C)[C@H](O)[C@H]2O)O[C@H](CO)[C@@H](O)[C@@H]1O. The lowest BCUT2D eigenvalue weighted by Crippen LogP contribution is -2.69. The molecular weight excluding hydrogens is 1010 g/mol. The number of rotatable bonds is 25. The van der Waals surface area contributed by atoms with Crippen LogP contribution in [0, 0.1) is 0 Å².